The molecule has 0 fully saturated rings. The molecule has 4 aromatic rings. The van der Waals surface area contributed by atoms with Gasteiger partial charge in [-0.3, -0.25) is 4.98 Å². The van der Waals surface area contributed by atoms with E-state index in [9.17, 15) is 13.2 Å². The van der Waals surface area contributed by atoms with Crippen LogP contribution in [0.15, 0.2) is 71.6 Å². The quantitative estimate of drug-likeness (QED) is 0.520. The molecule has 0 radical (unpaired) electrons. The van der Waals surface area contributed by atoms with Crippen LogP contribution in [0.3, 0.4) is 0 Å². The highest BCUT2D eigenvalue weighted by atomic mass is 19.4. The Labute approximate surface area is 163 Å². The van der Waals surface area contributed by atoms with Gasteiger partial charge in [-0.15, -0.1) is 0 Å². The highest BCUT2D eigenvalue weighted by molar-refractivity contribution is 5.60. The molecule has 0 unspecified atom stereocenters. The van der Waals surface area contributed by atoms with Crippen LogP contribution in [0, 0.1) is 0 Å². The van der Waals surface area contributed by atoms with Crippen molar-refractivity contribution in [3.63, 3.8) is 0 Å². The van der Waals surface area contributed by atoms with Crippen LogP contribution in [-0.2, 0) is 12.7 Å². The van der Waals surface area contributed by atoms with Gasteiger partial charge in [0, 0.05) is 17.8 Å². The van der Waals surface area contributed by atoms with Crippen molar-refractivity contribution in [2.45, 2.75) is 12.7 Å². The third-order valence-corrected chi connectivity index (χ3v) is 4.02. The van der Waals surface area contributed by atoms with Gasteiger partial charge in [0.2, 0.25) is 0 Å². The molecule has 4 rings (SSSR count). The number of nitrogens with zero attached hydrogens (tertiary/aromatic N) is 4. The predicted molar refractivity (Wildman–Crippen MR) is 99.5 cm³/mol. The van der Waals surface area contributed by atoms with E-state index in [0.717, 1.165) is 11.6 Å². The Morgan fingerprint density at radius 3 is 2.45 bits per heavy atom. The van der Waals surface area contributed by atoms with E-state index in [1.807, 2.05) is 30.3 Å². The maximum absolute atomic E-state index is 13.3. The largest absolute Gasteiger partial charge is 0.443 e. The van der Waals surface area contributed by atoms with Gasteiger partial charge >= 0.3 is 6.18 Å². The van der Waals surface area contributed by atoms with Crippen LogP contribution in [0.2, 0.25) is 0 Å². The summed E-state index contributed by atoms with van der Waals surface area (Å²) in [4.78, 5) is 16.0. The van der Waals surface area contributed by atoms with Crippen LogP contribution >= 0.6 is 0 Å². The van der Waals surface area contributed by atoms with E-state index in [1.165, 1.54) is 12.6 Å². The highest BCUT2D eigenvalue weighted by Gasteiger charge is 2.34. The monoisotopic (exact) mass is 397 g/mol. The van der Waals surface area contributed by atoms with Crippen molar-refractivity contribution in [3.05, 3.63) is 78.6 Å². The maximum Gasteiger partial charge on any atom is 0.433 e. The number of pyridine rings is 1. The number of hydrogen-bond donors (Lipinski definition) is 1. The summed E-state index contributed by atoms with van der Waals surface area (Å²) >= 11 is 0. The van der Waals surface area contributed by atoms with Gasteiger partial charge in [-0.05, 0) is 12.1 Å². The lowest BCUT2D eigenvalue weighted by molar-refractivity contribution is -0.141. The smallest absolute Gasteiger partial charge is 0.433 e. The highest BCUT2D eigenvalue weighted by Crippen LogP contribution is 2.31. The fraction of sp³-hybridized carbons (Fsp3) is 0.100. The molecule has 0 amide bonds. The van der Waals surface area contributed by atoms with Crippen molar-refractivity contribution < 1.29 is 17.6 Å². The standard InChI is InChI=1S/C20H14F3N5O/c21-20(22,23)16-10-17(28-19(27-16)14-8-4-5-9-24-14)25-11-15-18(29-12-26-15)13-6-2-1-3-7-13/h1-10,12H,11H2,(H,25,27,28). The molecule has 0 aliphatic rings. The lowest BCUT2D eigenvalue weighted by Gasteiger charge is -2.11. The predicted octanol–water partition coefficient (Wildman–Crippen LogP) is 4.82. The molecule has 0 atom stereocenters. The van der Waals surface area contributed by atoms with Gasteiger partial charge in [0.15, 0.2) is 23.7 Å². The van der Waals surface area contributed by atoms with Crippen LogP contribution < -0.4 is 5.32 Å². The molecule has 0 aliphatic carbocycles. The molecule has 1 N–H and O–H groups in total. The number of oxazole rings is 1. The summed E-state index contributed by atoms with van der Waals surface area (Å²) in [7, 11) is 0. The van der Waals surface area contributed by atoms with E-state index >= 15 is 0 Å². The third-order valence-electron chi connectivity index (χ3n) is 4.02. The molecule has 29 heavy (non-hydrogen) atoms. The summed E-state index contributed by atoms with van der Waals surface area (Å²) < 4.78 is 45.3. The molecule has 9 heteroatoms. The molecule has 0 spiro atoms. The van der Waals surface area contributed by atoms with Crippen molar-refractivity contribution in [3.8, 4) is 22.8 Å². The second-order valence-electron chi connectivity index (χ2n) is 6.02. The molecule has 0 aliphatic heterocycles. The normalized spacial score (nSPS) is 11.4. The first-order valence-corrected chi connectivity index (χ1v) is 8.60. The minimum absolute atomic E-state index is 0.00925. The second kappa shape index (κ2) is 7.70. The Kier molecular flexibility index (Phi) is 4.94. The first kappa shape index (κ1) is 18.6. The number of anilines is 1. The van der Waals surface area contributed by atoms with Crippen molar-refractivity contribution in [2.24, 2.45) is 0 Å². The van der Waals surface area contributed by atoms with E-state index in [0.29, 0.717) is 11.5 Å². The zero-order valence-corrected chi connectivity index (χ0v) is 14.9. The molecule has 3 heterocycles. The van der Waals surface area contributed by atoms with Gasteiger partial charge in [-0.2, -0.15) is 13.2 Å². The number of nitrogens with one attached hydrogen (secondary N) is 1. The van der Waals surface area contributed by atoms with E-state index in [-0.39, 0.29) is 23.9 Å². The van der Waals surface area contributed by atoms with Crippen molar-refractivity contribution in [2.75, 3.05) is 5.32 Å². The molecule has 6 nitrogen and oxygen atoms in total. The Hall–Kier alpha value is -3.75. The number of rotatable bonds is 5. The van der Waals surface area contributed by atoms with Gasteiger partial charge in [-0.1, -0.05) is 36.4 Å². The van der Waals surface area contributed by atoms with E-state index < -0.39 is 11.9 Å². The lowest BCUT2D eigenvalue weighted by atomic mass is 10.1. The Balaban J connectivity index is 1.64. The number of halogens is 3. The topological polar surface area (TPSA) is 76.7 Å². The van der Waals surface area contributed by atoms with E-state index in [2.05, 4.69) is 25.3 Å². The number of benzene rings is 1. The molecule has 1 aromatic carbocycles. The average molecular weight is 397 g/mol. The molecule has 0 bridgehead atoms. The van der Waals surface area contributed by atoms with Crippen molar-refractivity contribution in [1.29, 1.82) is 0 Å². The minimum Gasteiger partial charge on any atom is -0.443 e. The summed E-state index contributed by atoms with van der Waals surface area (Å²) in [5.41, 5.74) is 0.546. The Morgan fingerprint density at radius 2 is 1.72 bits per heavy atom. The van der Waals surface area contributed by atoms with Gasteiger partial charge in [-0.25, -0.2) is 15.0 Å². The fourth-order valence-corrected chi connectivity index (χ4v) is 2.69. The van der Waals surface area contributed by atoms with Gasteiger partial charge in [0.05, 0.1) is 6.54 Å². The first-order valence-electron chi connectivity index (χ1n) is 8.60. The zero-order chi connectivity index (χ0) is 20.3. The van der Waals surface area contributed by atoms with E-state index in [4.69, 9.17) is 4.42 Å². The molecular weight excluding hydrogens is 383 g/mol. The summed E-state index contributed by atoms with van der Waals surface area (Å²) in [6.45, 7) is 0.122. The van der Waals surface area contributed by atoms with Crippen molar-refractivity contribution >= 4 is 5.82 Å². The summed E-state index contributed by atoms with van der Waals surface area (Å²) in [5, 5.41) is 2.88. The van der Waals surface area contributed by atoms with Gasteiger partial charge in [0.1, 0.15) is 17.2 Å². The van der Waals surface area contributed by atoms with Crippen LogP contribution in [0.1, 0.15) is 11.4 Å². The minimum atomic E-state index is -4.62. The van der Waals surface area contributed by atoms with Crippen LogP contribution in [0.5, 0.6) is 0 Å². The van der Waals surface area contributed by atoms with Gasteiger partial charge < -0.3 is 9.73 Å². The SMILES string of the molecule is FC(F)(F)c1cc(NCc2ncoc2-c2ccccc2)nc(-c2ccccn2)n1. The van der Waals surface area contributed by atoms with Crippen LogP contribution in [0.4, 0.5) is 19.0 Å². The van der Waals surface area contributed by atoms with E-state index in [1.54, 1.807) is 18.2 Å². The second-order valence-corrected chi connectivity index (χ2v) is 6.02. The van der Waals surface area contributed by atoms with Crippen LogP contribution in [-0.4, -0.2) is 19.9 Å². The average Bonchev–Trinajstić information content (AvgIpc) is 3.21. The summed E-state index contributed by atoms with van der Waals surface area (Å²) in [5.74, 6) is 0.425. The summed E-state index contributed by atoms with van der Waals surface area (Å²) in [6.07, 6.45) is -1.86. The lowest BCUT2D eigenvalue weighted by Crippen LogP contribution is -2.12. The van der Waals surface area contributed by atoms with Crippen LogP contribution in [0.25, 0.3) is 22.8 Å². The molecule has 146 valence electrons. The first-order chi connectivity index (χ1) is 14.0. The number of hydrogen-bond acceptors (Lipinski definition) is 6. The molecule has 3 aromatic heterocycles. The molecule has 0 saturated carbocycles. The summed E-state index contributed by atoms with van der Waals surface area (Å²) in [6, 6.07) is 15.0. The Bertz CT molecular complexity index is 1100. The third kappa shape index (κ3) is 4.23. The number of aromatic nitrogens is 4. The number of alkyl halides is 3. The molecule has 0 saturated heterocycles. The van der Waals surface area contributed by atoms with Gasteiger partial charge in [0.25, 0.3) is 0 Å². The zero-order valence-electron chi connectivity index (χ0n) is 14.9. The molecular formula is C20H14F3N5O. The fourth-order valence-electron chi connectivity index (χ4n) is 2.69. The maximum atomic E-state index is 13.3. The Morgan fingerprint density at radius 1 is 0.931 bits per heavy atom. The van der Waals surface area contributed by atoms with Crippen molar-refractivity contribution in [1.82, 2.24) is 19.9 Å².